The van der Waals surface area contributed by atoms with E-state index in [2.05, 4.69) is 28.1 Å². The zero-order valence-electron chi connectivity index (χ0n) is 8.83. The molecule has 0 saturated heterocycles. The highest BCUT2D eigenvalue weighted by atomic mass is 79.9. The molecule has 0 unspecified atom stereocenters. The van der Waals surface area contributed by atoms with Gasteiger partial charge in [0.15, 0.2) is 0 Å². The standard InChI is InChI=1S/C11H13BrN2O/c1-13(2)11(15)14-6-8-3-4-10(12)5-9(8)7-14/h3-5H,6-7H2,1-2H3. The molecular weight excluding hydrogens is 256 g/mol. The maximum Gasteiger partial charge on any atom is 0.320 e. The van der Waals surface area contributed by atoms with Crippen molar-refractivity contribution in [3.8, 4) is 0 Å². The Balaban J connectivity index is 2.19. The number of nitrogens with zero attached hydrogens (tertiary/aromatic N) is 2. The van der Waals surface area contributed by atoms with E-state index in [-0.39, 0.29) is 6.03 Å². The second-order valence-electron chi connectivity index (χ2n) is 3.95. The van der Waals surface area contributed by atoms with Crippen LogP contribution in [0.5, 0.6) is 0 Å². The summed E-state index contributed by atoms with van der Waals surface area (Å²) >= 11 is 3.44. The molecule has 2 rings (SSSR count). The molecule has 0 atom stereocenters. The van der Waals surface area contributed by atoms with E-state index < -0.39 is 0 Å². The molecule has 0 fully saturated rings. The summed E-state index contributed by atoms with van der Waals surface area (Å²) in [6.45, 7) is 1.44. The number of hydrogen-bond donors (Lipinski definition) is 0. The van der Waals surface area contributed by atoms with Crippen molar-refractivity contribution in [1.29, 1.82) is 0 Å². The Morgan fingerprint density at radius 3 is 2.67 bits per heavy atom. The second-order valence-corrected chi connectivity index (χ2v) is 4.86. The molecule has 15 heavy (non-hydrogen) atoms. The number of benzene rings is 1. The smallest absolute Gasteiger partial charge is 0.320 e. The third-order valence-electron chi connectivity index (χ3n) is 2.54. The summed E-state index contributed by atoms with van der Waals surface area (Å²) in [5.41, 5.74) is 2.48. The molecule has 0 saturated carbocycles. The minimum Gasteiger partial charge on any atom is -0.331 e. The topological polar surface area (TPSA) is 23.6 Å². The highest BCUT2D eigenvalue weighted by Crippen LogP contribution is 2.26. The molecule has 1 aromatic rings. The van der Waals surface area contributed by atoms with Gasteiger partial charge in [-0.2, -0.15) is 0 Å². The van der Waals surface area contributed by atoms with Crippen molar-refractivity contribution in [1.82, 2.24) is 9.80 Å². The van der Waals surface area contributed by atoms with E-state index in [4.69, 9.17) is 0 Å². The van der Waals surface area contributed by atoms with E-state index in [0.29, 0.717) is 6.54 Å². The Morgan fingerprint density at radius 2 is 2.00 bits per heavy atom. The lowest BCUT2D eigenvalue weighted by molar-refractivity contribution is 0.171. The highest BCUT2D eigenvalue weighted by molar-refractivity contribution is 9.10. The SMILES string of the molecule is CN(C)C(=O)N1Cc2ccc(Br)cc2C1. The predicted octanol–water partition coefficient (Wildman–Crippen LogP) is 2.45. The zero-order chi connectivity index (χ0) is 11.0. The van der Waals surface area contributed by atoms with Gasteiger partial charge in [-0.3, -0.25) is 0 Å². The quantitative estimate of drug-likeness (QED) is 0.709. The van der Waals surface area contributed by atoms with E-state index in [1.807, 2.05) is 11.0 Å². The lowest BCUT2D eigenvalue weighted by Gasteiger charge is -2.20. The van der Waals surface area contributed by atoms with Gasteiger partial charge in [-0.25, -0.2) is 4.79 Å². The fourth-order valence-corrected chi connectivity index (χ4v) is 2.19. The first-order valence-electron chi connectivity index (χ1n) is 4.81. The maximum absolute atomic E-state index is 11.7. The summed E-state index contributed by atoms with van der Waals surface area (Å²) in [4.78, 5) is 15.2. The first-order chi connectivity index (χ1) is 7.08. The van der Waals surface area contributed by atoms with E-state index in [1.54, 1.807) is 19.0 Å². The number of carbonyl (C=O) groups excluding carboxylic acids is 1. The predicted molar refractivity (Wildman–Crippen MR) is 62.5 cm³/mol. The van der Waals surface area contributed by atoms with Crippen molar-refractivity contribution in [3.05, 3.63) is 33.8 Å². The zero-order valence-corrected chi connectivity index (χ0v) is 10.4. The van der Waals surface area contributed by atoms with Crippen LogP contribution in [-0.2, 0) is 13.1 Å². The number of fused-ring (bicyclic) bond motifs is 1. The van der Waals surface area contributed by atoms with Crippen LogP contribution in [0, 0.1) is 0 Å². The van der Waals surface area contributed by atoms with Gasteiger partial charge in [0.2, 0.25) is 0 Å². The van der Waals surface area contributed by atoms with Crippen LogP contribution in [0.25, 0.3) is 0 Å². The summed E-state index contributed by atoms with van der Waals surface area (Å²) in [5.74, 6) is 0. The summed E-state index contributed by atoms with van der Waals surface area (Å²) in [5, 5.41) is 0. The first kappa shape index (κ1) is 10.5. The molecule has 0 bridgehead atoms. The van der Waals surface area contributed by atoms with Gasteiger partial charge in [0.25, 0.3) is 0 Å². The van der Waals surface area contributed by atoms with E-state index >= 15 is 0 Å². The van der Waals surface area contributed by atoms with Crippen LogP contribution in [-0.4, -0.2) is 29.9 Å². The molecule has 0 aromatic heterocycles. The van der Waals surface area contributed by atoms with Crippen LogP contribution in [0.2, 0.25) is 0 Å². The van der Waals surface area contributed by atoms with Gasteiger partial charge in [-0.05, 0) is 23.3 Å². The van der Waals surface area contributed by atoms with Gasteiger partial charge in [-0.1, -0.05) is 22.0 Å². The molecule has 0 spiro atoms. The largest absolute Gasteiger partial charge is 0.331 e. The Morgan fingerprint density at radius 1 is 1.33 bits per heavy atom. The van der Waals surface area contributed by atoms with Crippen molar-refractivity contribution in [3.63, 3.8) is 0 Å². The molecule has 4 heteroatoms. The van der Waals surface area contributed by atoms with Crippen molar-refractivity contribution in [2.75, 3.05) is 14.1 Å². The average Bonchev–Trinajstić information content (AvgIpc) is 2.58. The Kier molecular flexibility index (Phi) is 2.69. The summed E-state index contributed by atoms with van der Waals surface area (Å²) in [7, 11) is 3.56. The number of hydrogen-bond acceptors (Lipinski definition) is 1. The van der Waals surface area contributed by atoms with Crippen molar-refractivity contribution in [2.45, 2.75) is 13.1 Å². The highest BCUT2D eigenvalue weighted by Gasteiger charge is 2.24. The summed E-state index contributed by atoms with van der Waals surface area (Å²) in [6.07, 6.45) is 0. The van der Waals surface area contributed by atoms with Crippen LogP contribution < -0.4 is 0 Å². The Bertz CT molecular complexity index is 404. The van der Waals surface area contributed by atoms with Crippen LogP contribution in [0.3, 0.4) is 0 Å². The van der Waals surface area contributed by atoms with Crippen molar-refractivity contribution < 1.29 is 4.79 Å². The summed E-state index contributed by atoms with van der Waals surface area (Å²) < 4.78 is 1.07. The van der Waals surface area contributed by atoms with Gasteiger partial charge in [0.05, 0.1) is 0 Å². The Hall–Kier alpha value is -1.03. The third-order valence-corrected chi connectivity index (χ3v) is 3.04. The molecule has 80 valence electrons. The number of urea groups is 1. The van der Waals surface area contributed by atoms with Crippen LogP contribution in [0.15, 0.2) is 22.7 Å². The van der Waals surface area contributed by atoms with Crippen LogP contribution >= 0.6 is 15.9 Å². The number of rotatable bonds is 0. The lowest BCUT2D eigenvalue weighted by Crippen LogP contribution is -2.35. The van der Waals surface area contributed by atoms with Gasteiger partial charge >= 0.3 is 6.03 Å². The molecule has 1 aliphatic heterocycles. The molecule has 0 aliphatic carbocycles. The number of carbonyl (C=O) groups is 1. The molecule has 0 N–H and O–H groups in total. The van der Waals surface area contributed by atoms with Gasteiger partial charge < -0.3 is 9.80 Å². The van der Waals surface area contributed by atoms with Crippen LogP contribution in [0.1, 0.15) is 11.1 Å². The molecule has 2 amide bonds. The summed E-state index contributed by atoms with van der Waals surface area (Å²) in [6, 6.07) is 6.24. The fourth-order valence-electron chi connectivity index (χ4n) is 1.78. The molecule has 0 radical (unpaired) electrons. The first-order valence-corrected chi connectivity index (χ1v) is 5.61. The van der Waals surface area contributed by atoms with E-state index in [0.717, 1.165) is 11.0 Å². The lowest BCUT2D eigenvalue weighted by atomic mass is 10.1. The van der Waals surface area contributed by atoms with Gasteiger partial charge in [-0.15, -0.1) is 0 Å². The number of halogens is 1. The van der Waals surface area contributed by atoms with Crippen molar-refractivity contribution in [2.24, 2.45) is 0 Å². The van der Waals surface area contributed by atoms with Gasteiger partial charge in [0, 0.05) is 31.7 Å². The molecular formula is C11H13BrN2O. The monoisotopic (exact) mass is 268 g/mol. The molecule has 1 heterocycles. The van der Waals surface area contributed by atoms with E-state index in [1.165, 1.54) is 11.1 Å². The molecule has 1 aliphatic rings. The normalized spacial score (nSPS) is 13.9. The minimum absolute atomic E-state index is 0.0716. The average molecular weight is 269 g/mol. The number of amides is 2. The van der Waals surface area contributed by atoms with E-state index in [9.17, 15) is 4.79 Å². The second kappa shape index (κ2) is 3.85. The van der Waals surface area contributed by atoms with Gasteiger partial charge in [0.1, 0.15) is 0 Å². The van der Waals surface area contributed by atoms with Crippen molar-refractivity contribution >= 4 is 22.0 Å². The maximum atomic E-state index is 11.7. The molecule has 1 aromatic carbocycles. The minimum atomic E-state index is 0.0716. The third kappa shape index (κ3) is 2.00. The fraction of sp³-hybridized carbons (Fsp3) is 0.364. The van der Waals surface area contributed by atoms with Crippen LogP contribution in [0.4, 0.5) is 4.79 Å². The Labute approximate surface area is 97.8 Å². The molecule has 3 nitrogen and oxygen atoms in total.